The number of nitrogens with one attached hydrogen (secondary N) is 1. The molecule has 1 atom stereocenters. The van der Waals surface area contributed by atoms with Crippen LogP contribution >= 0.6 is 11.6 Å². The van der Waals surface area contributed by atoms with E-state index < -0.39 is 18.0 Å². The van der Waals surface area contributed by atoms with Gasteiger partial charge in [0.05, 0.1) is 0 Å². The quantitative estimate of drug-likeness (QED) is 0.848. The maximum absolute atomic E-state index is 12.0. The van der Waals surface area contributed by atoms with Crippen LogP contribution in [0.4, 0.5) is 4.79 Å². The van der Waals surface area contributed by atoms with Crippen molar-refractivity contribution in [3.8, 4) is 0 Å². The first kappa shape index (κ1) is 17.3. The first-order valence-electron chi connectivity index (χ1n) is 6.78. The zero-order chi connectivity index (χ0) is 16.0. The Balaban J connectivity index is 2.60. The van der Waals surface area contributed by atoms with E-state index in [1.54, 1.807) is 19.2 Å². The van der Waals surface area contributed by atoms with E-state index in [2.05, 4.69) is 5.32 Å². The monoisotopic (exact) mass is 312 g/mol. The van der Waals surface area contributed by atoms with E-state index >= 15 is 0 Å². The van der Waals surface area contributed by atoms with Gasteiger partial charge < -0.3 is 15.3 Å². The molecule has 21 heavy (non-hydrogen) atoms. The van der Waals surface area contributed by atoms with E-state index in [9.17, 15) is 9.59 Å². The number of nitrogens with zero attached hydrogens (tertiary/aromatic N) is 1. The van der Waals surface area contributed by atoms with Crippen molar-refractivity contribution in [3.05, 3.63) is 34.9 Å². The predicted molar refractivity (Wildman–Crippen MR) is 82.3 cm³/mol. The van der Waals surface area contributed by atoms with Crippen LogP contribution in [-0.2, 0) is 11.3 Å². The molecule has 0 saturated carbocycles. The lowest BCUT2D eigenvalue weighted by Gasteiger charge is -2.22. The summed E-state index contributed by atoms with van der Waals surface area (Å²) in [6.45, 7) is 4.22. The van der Waals surface area contributed by atoms with Gasteiger partial charge in [0, 0.05) is 18.6 Å². The number of carboxylic acid groups (broad SMARTS) is 1. The van der Waals surface area contributed by atoms with Crippen LogP contribution in [0.5, 0.6) is 0 Å². The highest BCUT2D eigenvalue weighted by Crippen LogP contribution is 2.11. The summed E-state index contributed by atoms with van der Waals surface area (Å²) < 4.78 is 0. The van der Waals surface area contributed by atoms with Crippen molar-refractivity contribution in [2.75, 3.05) is 7.05 Å². The Kier molecular flexibility index (Phi) is 6.49. The predicted octanol–water partition coefficient (Wildman–Crippen LogP) is 2.98. The average molecular weight is 313 g/mol. The van der Waals surface area contributed by atoms with Crippen LogP contribution < -0.4 is 5.32 Å². The Morgan fingerprint density at radius 1 is 1.29 bits per heavy atom. The molecule has 116 valence electrons. The van der Waals surface area contributed by atoms with Crippen molar-refractivity contribution >= 4 is 23.6 Å². The van der Waals surface area contributed by atoms with Gasteiger partial charge in [0.25, 0.3) is 0 Å². The summed E-state index contributed by atoms with van der Waals surface area (Å²) >= 11 is 5.80. The molecule has 0 spiro atoms. The van der Waals surface area contributed by atoms with E-state index in [1.165, 1.54) is 4.90 Å². The van der Waals surface area contributed by atoms with Gasteiger partial charge in [-0.25, -0.2) is 9.59 Å². The zero-order valence-electron chi connectivity index (χ0n) is 12.5. The summed E-state index contributed by atoms with van der Waals surface area (Å²) in [6, 6.07) is 5.88. The number of benzene rings is 1. The van der Waals surface area contributed by atoms with E-state index in [4.69, 9.17) is 16.7 Å². The molecule has 0 heterocycles. The molecule has 0 aliphatic carbocycles. The second kappa shape index (κ2) is 7.88. The van der Waals surface area contributed by atoms with Crippen molar-refractivity contribution in [2.24, 2.45) is 5.92 Å². The number of carbonyl (C=O) groups is 2. The lowest BCUT2D eigenvalue weighted by atomic mass is 10.0. The van der Waals surface area contributed by atoms with Gasteiger partial charge in [-0.15, -0.1) is 0 Å². The van der Waals surface area contributed by atoms with Crippen molar-refractivity contribution < 1.29 is 14.7 Å². The standard InChI is InChI=1S/C15H21ClN2O3/c1-10(2)8-13(14(19)20)17-15(21)18(3)9-11-4-6-12(16)7-5-11/h4-7,10,13H,8-9H2,1-3H3,(H,17,21)(H,19,20)/t13-/m1/s1. The molecule has 0 aliphatic heterocycles. The summed E-state index contributed by atoms with van der Waals surface area (Å²) in [5.41, 5.74) is 0.924. The fraction of sp³-hybridized carbons (Fsp3) is 0.467. The average Bonchev–Trinajstić information content (AvgIpc) is 2.39. The molecule has 5 nitrogen and oxygen atoms in total. The molecule has 6 heteroatoms. The lowest BCUT2D eigenvalue weighted by Crippen LogP contribution is -2.46. The number of urea groups is 1. The third-order valence-electron chi connectivity index (χ3n) is 2.98. The molecule has 1 aromatic rings. The van der Waals surface area contributed by atoms with Crippen molar-refractivity contribution in [3.63, 3.8) is 0 Å². The maximum Gasteiger partial charge on any atom is 0.326 e. The molecule has 0 bridgehead atoms. The molecule has 0 aliphatic rings. The normalized spacial score (nSPS) is 12.0. The van der Waals surface area contributed by atoms with Gasteiger partial charge in [-0.05, 0) is 30.0 Å². The lowest BCUT2D eigenvalue weighted by molar-refractivity contribution is -0.139. The maximum atomic E-state index is 12.0. The number of halogens is 1. The van der Waals surface area contributed by atoms with Gasteiger partial charge in [-0.3, -0.25) is 0 Å². The molecule has 0 unspecified atom stereocenters. The summed E-state index contributed by atoms with van der Waals surface area (Å²) in [6.07, 6.45) is 0.399. The van der Waals surface area contributed by atoms with Gasteiger partial charge >= 0.3 is 12.0 Å². The van der Waals surface area contributed by atoms with Crippen LogP contribution in [0.1, 0.15) is 25.8 Å². The molecule has 0 aromatic heterocycles. The number of hydrogen-bond acceptors (Lipinski definition) is 2. The number of aliphatic carboxylic acids is 1. The third-order valence-corrected chi connectivity index (χ3v) is 3.23. The molecular formula is C15H21ClN2O3. The molecule has 1 aromatic carbocycles. The van der Waals surface area contributed by atoms with Crippen molar-refractivity contribution in [1.82, 2.24) is 10.2 Å². The second-order valence-corrected chi connectivity index (χ2v) is 5.89. The minimum atomic E-state index is -1.02. The highest BCUT2D eigenvalue weighted by molar-refractivity contribution is 6.30. The molecule has 1 rings (SSSR count). The molecule has 2 N–H and O–H groups in total. The van der Waals surface area contributed by atoms with Crippen molar-refractivity contribution in [2.45, 2.75) is 32.9 Å². The first-order valence-corrected chi connectivity index (χ1v) is 7.16. The smallest absolute Gasteiger partial charge is 0.326 e. The van der Waals surface area contributed by atoms with E-state index in [1.807, 2.05) is 26.0 Å². The molecule has 0 saturated heterocycles. The molecule has 2 amide bonds. The van der Waals surface area contributed by atoms with Gasteiger partial charge in [-0.2, -0.15) is 0 Å². The molecular weight excluding hydrogens is 292 g/mol. The number of rotatable bonds is 6. The fourth-order valence-electron chi connectivity index (χ4n) is 1.89. The Labute approximate surface area is 129 Å². The molecule has 0 fully saturated rings. The van der Waals surface area contributed by atoms with E-state index in [0.717, 1.165) is 5.56 Å². The zero-order valence-corrected chi connectivity index (χ0v) is 13.2. The second-order valence-electron chi connectivity index (χ2n) is 5.45. The third kappa shape index (κ3) is 6.04. The van der Waals surface area contributed by atoms with Crippen LogP contribution in [-0.4, -0.2) is 35.1 Å². The summed E-state index contributed by atoms with van der Waals surface area (Å²) in [5, 5.41) is 12.3. The largest absolute Gasteiger partial charge is 0.480 e. The van der Waals surface area contributed by atoms with E-state index in [-0.39, 0.29) is 5.92 Å². The Morgan fingerprint density at radius 2 is 1.86 bits per heavy atom. The highest BCUT2D eigenvalue weighted by Gasteiger charge is 2.22. The van der Waals surface area contributed by atoms with Crippen LogP contribution in [0.3, 0.4) is 0 Å². The van der Waals surface area contributed by atoms with Gasteiger partial charge in [-0.1, -0.05) is 37.6 Å². The van der Waals surface area contributed by atoms with Gasteiger partial charge in [0.1, 0.15) is 6.04 Å². The Hall–Kier alpha value is -1.75. The number of amides is 2. The highest BCUT2D eigenvalue weighted by atomic mass is 35.5. The minimum Gasteiger partial charge on any atom is -0.480 e. The van der Waals surface area contributed by atoms with Gasteiger partial charge in [0.2, 0.25) is 0 Å². The number of carboxylic acids is 1. The summed E-state index contributed by atoms with van der Waals surface area (Å²) in [4.78, 5) is 24.6. The van der Waals surface area contributed by atoms with Crippen molar-refractivity contribution in [1.29, 1.82) is 0 Å². The van der Waals surface area contributed by atoms with Crippen LogP contribution in [0, 0.1) is 5.92 Å². The topological polar surface area (TPSA) is 69.6 Å². The number of hydrogen-bond donors (Lipinski definition) is 2. The van der Waals surface area contributed by atoms with E-state index in [0.29, 0.717) is 18.0 Å². The van der Waals surface area contributed by atoms with Crippen LogP contribution in [0.15, 0.2) is 24.3 Å². The first-order chi connectivity index (χ1) is 9.79. The van der Waals surface area contributed by atoms with Crippen LogP contribution in [0.25, 0.3) is 0 Å². The number of carbonyl (C=O) groups excluding carboxylic acids is 1. The minimum absolute atomic E-state index is 0.188. The summed E-state index contributed by atoms with van der Waals surface area (Å²) in [7, 11) is 1.62. The summed E-state index contributed by atoms with van der Waals surface area (Å²) in [5.74, 6) is -0.829. The Bertz CT molecular complexity index is 488. The van der Waals surface area contributed by atoms with Gasteiger partial charge in [0.15, 0.2) is 0 Å². The Morgan fingerprint density at radius 3 is 2.33 bits per heavy atom. The van der Waals surface area contributed by atoms with Crippen LogP contribution in [0.2, 0.25) is 5.02 Å². The SMILES string of the molecule is CC(C)C[C@@H](NC(=O)N(C)Cc1ccc(Cl)cc1)C(=O)O. The fourth-order valence-corrected chi connectivity index (χ4v) is 2.01. The molecule has 0 radical (unpaired) electrons.